The Morgan fingerprint density at radius 1 is 1.32 bits per heavy atom. The molecule has 1 saturated carbocycles. The van der Waals surface area contributed by atoms with E-state index in [2.05, 4.69) is 15.5 Å². The van der Waals surface area contributed by atoms with E-state index < -0.39 is 5.54 Å². The normalized spacial score (nSPS) is 18.4. The Kier molecular flexibility index (Phi) is 2.98. The first-order valence-electron chi connectivity index (χ1n) is 6.71. The van der Waals surface area contributed by atoms with E-state index in [1.54, 1.807) is 6.20 Å². The van der Waals surface area contributed by atoms with E-state index in [0.29, 0.717) is 0 Å². The number of nitrogens with two attached hydrogens (primary N) is 1. The number of hydrogen-bond donors (Lipinski definition) is 3. The molecule has 1 aliphatic carbocycles. The fourth-order valence-electron chi connectivity index (χ4n) is 2.73. The number of aromatic amines is 1. The van der Waals surface area contributed by atoms with Gasteiger partial charge in [0.1, 0.15) is 0 Å². The minimum absolute atomic E-state index is 0.0886. The molecule has 0 radical (unpaired) electrons. The van der Waals surface area contributed by atoms with Crippen LogP contribution in [-0.2, 0) is 4.79 Å². The number of aromatic nitrogens is 2. The summed E-state index contributed by atoms with van der Waals surface area (Å²) in [6.45, 7) is 0. The highest BCUT2D eigenvalue weighted by molar-refractivity contribution is 6.03. The van der Waals surface area contributed by atoms with Gasteiger partial charge in [-0.2, -0.15) is 5.10 Å². The Balaban J connectivity index is 1.84. The van der Waals surface area contributed by atoms with Crippen LogP contribution < -0.4 is 11.1 Å². The van der Waals surface area contributed by atoms with E-state index in [9.17, 15) is 4.79 Å². The SMILES string of the molecule is NC1(C(=O)Nc2cccc3cn[nH]c23)CCCCC1. The van der Waals surface area contributed by atoms with Crippen LogP contribution in [0.2, 0.25) is 0 Å². The number of hydrogen-bond acceptors (Lipinski definition) is 3. The summed E-state index contributed by atoms with van der Waals surface area (Å²) >= 11 is 0. The molecule has 0 atom stereocenters. The van der Waals surface area contributed by atoms with E-state index in [0.717, 1.165) is 42.3 Å². The maximum absolute atomic E-state index is 12.4. The molecule has 0 spiro atoms. The van der Waals surface area contributed by atoms with E-state index in [4.69, 9.17) is 5.73 Å². The molecule has 0 saturated heterocycles. The van der Waals surface area contributed by atoms with Crippen molar-refractivity contribution in [3.63, 3.8) is 0 Å². The second kappa shape index (κ2) is 4.66. The summed E-state index contributed by atoms with van der Waals surface area (Å²) in [7, 11) is 0. The Morgan fingerprint density at radius 3 is 2.89 bits per heavy atom. The van der Waals surface area contributed by atoms with Gasteiger partial charge in [-0.25, -0.2) is 0 Å². The first kappa shape index (κ1) is 12.2. The van der Waals surface area contributed by atoms with Crippen LogP contribution in [0.25, 0.3) is 10.9 Å². The molecule has 2 aromatic rings. The Labute approximate surface area is 111 Å². The second-order valence-electron chi connectivity index (χ2n) is 5.31. The summed E-state index contributed by atoms with van der Waals surface area (Å²) in [5.74, 6) is -0.0886. The highest BCUT2D eigenvalue weighted by atomic mass is 16.2. The molecule has 0 aliphatic heterocycles. The van der Waals surface area contributed by atoms with Crippen LogP contribution in [0.5, 0.6) is 0 Å². The monoisotopic (exact) mass is 258 g/mol. The molecule has 5 nitrogen and oxygen atoms in total. The zero-order chi connectivity index (χ0) is 13.3. The van der Waals surface area contributed by atoms with Crippen LogP contribution in [0.15, 0.2) is 24.4 Å². The molecule has 0 bridgehead atoms. The number of amides is 1. The Hall–Kier alpha value is -1.88. The number of nitrogens with one attached hydrogen (secondary N) is 2. The van der Waals surface area contributed by atoms with Gasteiger partial charge in [0, 0.05) is 5.39 Å². The number of carbonyl (C=O) groups excluding carboxylic acids is 1. The predicted octanol–water partition coefficient (Wildman–Crippen LogP) is 2.16. The van der Waals surface area contributed by atoms with Gasteiger partial charge in [0.05, 0.1) is 22.9 Å². The van der Waals surface area contributed by atoms with E-state index >= 15 is 0 Å². The molecular weight excluding hydrogens is 240 g/mol. The Bertz CT molecular complexity index is 598. The van der Waals surface area contributed by atoms with Gasteiger partial charge < -0.3 is 11.1 Å². The van der Waals surface area contributed by atoms with Gasteiger partial charge in [-0.3, -0.25) is 9.89 Å². The molecule has 1 aromatic heterocycles. The number of nitrogens with zero attached hydrogens (tertiary/aromatic N) is 1. The van der Waals surface area contributed by atoms with E-state index in [1.807, 2.05) is 18.2 Å². The van der Waals surface area contributed by atoms with E-state index in [-0.39, 0.29) is 5.91 Å². The average Bonchev–Trinajstić information content (AvgIpc) is 2.89. The lowest BCUT2D eigenvalue weighted by molar-refractivity contribution is -0.122. The molecule has 5 heteroatoms. The van der Waals surface area contributed by atoms with Gasteiger partial charge in [0.25, 0.3) is 0 Å². The zero-order valence-corrected chi connectivity index (χ0v) is 10.8. The van der Waals surface area contributed by atoms with Gasteiger partial charge in [-0.15, -0.1) is 0 Å². The molecule has 0 unspecified atom stereocenters. The van der Waals surface area contributed by atoms with Gasteiger partial charge in [-0.1, -0.05) is 31.4 Å². The molecule has 19 heavy (non-hydrogen) atoms. The molecule has 1 heterocycles. The lowest BCUT2D eigenvalue weighted by Gasteiger charge is -2.31. The molecule has 4 N–H and O–H groups in total. The van der Waals surface area contributed by atoms with Gasteiger partial charge in [-0.05, 0) is 18.9 Å². The number of anilines is 1. The molecule has 1 amide bonds. The lowest BCUT2D eigenvalue weighted by atomic mass is 9.82. The first-order valence-corrected chi connectivity index (χ1v) is 6.71. The standard InChI is InChI=1S/C14H18N4O/c15-14(7-2-1-3-8-14)13(19)17-11-6-4-5-10-9-16-18-12(10)11/h4-6,9H,1-3,7-8,15H2,(H,16,18)(H,17,19). The van der Waals surface area contributed by atoms with Crippen LogP contribution in [-0.4, -0.2) is 21.6 Å². The number of para-hydroxylation sites is 1. The summed E-state index contributed by atoms with van der Waals surface area (Å²) < 4.78 is 0. The third-order valence-electron chi connectivity index (χ3n) is 3.92. The van der Waals surface area contributed by atoms with Crippen molar-refractivity contribution in [2.45, 2.75) is 37.6 Å². The minimum Gasteiger partial charge on any atom is -0.323 e. The van der Waals surface area contributed by atoms with Crippen LogP contribution in [0, 0.1) is 0 Å². The highest BCUT2D eigenvalue weighted by Gasteiger charge is 2.35. The summed E-state index contributed by atoms with van der Waals surface area (Å²) in [5, 5.41) is 10.8. The van der Waals surface area contributed by atoms with Gasteiger partial charge >= 0.3 is 0 Å². The van der Waals surface area contributed by atoms with Gasteiger partial charge in [0.2, 0.25) is 5.91 Å². The topological polar surface area (TPSA) is 83.8 Å². The average molecular weight is 258 g/mol. The summed E-state index contributed by atoms with van der Waals surface area (Å²) in [6.07, 6.45) is 6.48. The summed E-state index contributed by atoms with van der Waals surface area (Å²) in [6, 6.07) is 5.72. The number of fused-ring (bicyclic) bond motifs is 1. The maximum atomic E-state index is 12.4. The summed E-state index contributed by atoms with van der Waals surface area (Å²) in [4.78, 5) is 12.4. The zero-order valence-electron chi connectivity index (χ0n) is 10.8. The van der Waals surface area contributed by atoms with Crippen molar-refractivity contribution in [1.29, 1.82) is 0 Å². The maximum Gasteiger partial charge on any atom is 0.244 e. The number of carbonyl (C=O) groups is 1. The fraction of sp³-hybridized carbons (Fsp3) is 0.429. The third-order valence-corrected chi connectivity index (χ3v) is 3.92. The molecular formula is C14H18N4O. The van der Waals surface area contributed by atoms with Gasteiger partial charge in [0.15, 0.2) is 0 Å². The quantitative estimate of drug-likeness (QED) is 0.771. The van der Waals surface area contributed by atoms with Crippen molar-refractivity contribution in [3.8, 4) is 0 Å². The molecule has 1 aliphatic rings. The van der Waals surface area contributed by atoms with Crippen molar-refractivity contribution in [2.75, 3.05) is 5.32 Å². The fourth-order valence-corrected chi connectivity index (χ4v) is 2.73. The van der Waals surface area contributed by atoms with Crippen LogP contribution in [0.3, 0.4) is 0 Å². The van der Waals surface area contributed by atoms with Crippen molar-refractivity contribution in [2.24, 2.45) is 5.73 Å². The van der Waals surface area contributed by atoms with Crippen molar-refractivity contribution in [1.82, 2.24) is 10.2 Å². The van der Waals surface area contributed by atoms with Crippen LogP contribution in [0.1, 0.15) is 32.1 Å². The van der Waals surface area contributed by atoms with Crippen molar-refractivity contribution in [3.05, 3.63) is 24.4 Å². The van der Waals surface area contributed by atoms with Crippen molar-refractivity contribution < 1.29 is 4.79 Å². The predicted molar refractivity (Wildman–Crippen MR) is 74.7 cm³/mol. The minimum atomic E-state index is -0.722. The number of rotatable bonds is 2. The highest BCUT2D eigenvalue weighted by Crippen LogP contribution is 2.28. The third kappa shape index (κ3) is 2.21. The second-order valence-corrected chi connectivity index (χ2v) is 5.31. The number of H-pyrrole nitrogens is 1. The van der Waals surface area contributed by atoms with Crippen LogP contribution >= 0.6 is 0 Å². The smallest absolute Gasteiger partial charge is 0.244 e. The molecule has 3 rings (SSSR count). The lowest BCUT2D eigenvalue weighted by Crippen LogP contribution is -2.52. The van der Waals surface area contributed by atoms with E-state index in [1.165, 1.54) is 6.42 Å². The molecule has 1 aromatic carbocycles. The summed E-state index contributed by atoms with van der Waals surface area (Å²) in [5.41, 5.74) is 7.10. The Morgan fingerprint density at radius 2 is 2.11 bits per heavy atom. The molecule has 100 valence electrons. The van der Waals surface area contributed by atoms with Crippen molar-refractivity contribution >= 4 is 22.5 Å². The van der Waals surface area contributed by atoms with Crippen LogP contribution in [0.4, 0.5) is 5.69 Å². The first-order chi connectivity index (χ1) is 9.19. The largest absolute Gasteiger partial charge is 0.323 e. The molecule has 1 fully saturated rings. The number of benzene rings is 1.